The van der Waals surface area contributed by atoms with Gasteiger partial charge >= 0.3 is 5.97 Å². The first kappa shape index (κ1) is 19.6. The molecule has 0 aromatic heterocycles. The Bertz CT molecular complexity index is 916. The van der Waals surface area contributed by atoms with E-state index in [1.54, 1.807) is 12.1 Å². The predicted octanol–water partition coefficient (Wildman–Crippen LogP) is 2.13. The molecule has 0 unspecified atom stereocenters. The van der Waals surface area contributed by atoms with Crippen LogP contribution in [0.3, 0.4) is 0 Å². The molecule has 0 aliphatic carbocycles. The highest BCUT2D eigenvalue weighted by Gasteiger charge is 2.19. The van der Waals surface area contributed by atoms with Crippen LogP contribution in [0.25, 0.3) is 0 Å². The predicted molar refractivity (Wildman–Crippen MR) is 97.2 cm³/mol. The summed E-state index contributed by atoms with van der Waals surface area (Å²) in [4.78, 5) is 24.3. The van der Waals surface area contributed by atoms with Gasteiger partial charge in [0, 0.05) is 5.69 Å². The Labute approximate surface area is 152 Å². The summed E-state index contributed by atoms with van der Waals surface area (Å²) in [7, 11) is -3.80. The van der Waals surface area contributed by atoms with Gasteiger partial charge in [-0.25, -0.2) is 18.4 Å². The van der Waals surface area contributed by atoms with Crippen molar-refractivity contribution in [2.75, 3.05) is 5.32 Å². The number of nitrogens with two attached hydrogens (primary N) is 1. The number of hydrogen-bond acceptors (Lipinski definition) is 5. The number of aryl methyl sites for hydroxylation is 2. The molecule has 7 nitrogen and oxygen atoms in total. The van der Waals surface area contributed by atoms with Crippen molar-refractivity contribution >= 4 is 27.6 Å². The Balaban J connectivity index is 2.02. The summed E-state index contributed by atoms with van der Waals surface area (Å²) in [5.74, 6) is -1.13. The second-order valence-electron chi connectivity index (χ2n) is 5.98. The van der Waals surface area contributed by atoms with Crippen LogP contribution in [0.4, 0.5) is 5.69 Å². The zero-order valence-corrected chi connectivity index (χ0v) is 15.5. The molecule has 1 amide bonds. The van der Waals surface area contributed by atoms with Crippen molar-refractivity contribution in [3.8, 4) is 0 Å². The van der Waals surface area contributed by atoms with Gasteiger partial charge in [0.15, 0.2) is 6.10 Å². The van der Waals surface area contributed by atoms with Crippen molar-refractivity contribution in [3.05, 3.63) is 59.2 Å². The average molecular weight is 376 g/mol. The third kappa shape index (κ3) is 5.14. The van der Waals surface area contributed by atoms with Crippen LogP contribution in [-0.2, 0) is 19.6 Å². The summed E-state index contributed by atoms with van der Waals surface area (Å²) in [6.45, 7) is 5.19. The molecule has 2 rings (SSSR count). The SMILES string of the molecule is Cc1cc(C)cc(C(=O)O[C@H](C)C(=O)Nc2ccc(S(N)(=O)=O)cc2)c1. The van der Waals surface area contributed by atoms with Crippen LogP contribution in [0.5, 0.6) is 0 Å². The van der Waals surface area contributed by atoms with Crippen molar-refractivity contribution in [2.24, 2.45) is 5.14 Å². The molecule has 0 saturated carbocycles. The summed E-state index contributed by atoms with van der Waals surface area (Å²) in [5, 5.41) is 7.56. The first-order chi connectivity index (χ1) is 12.1. The fourth-order valence-corrected chi connectivity index (χ4v) is 2.86. The number of sulfonamides is 1. The summed E-state index contributed by atoms with van der Waals surface area (Å²) in [6, 6.07) is 10.6. The standard InChI is InChI=1S/C18H20N2O5S/c1-11-8-12(2)10-14(9-11)18(22)25-13(3)17(21)20-15-4-6-16(7-5-15)26(19,23)24/h4-10,13H,1-3H3,(H,20,21)(H2,19,23,24)/t13-/m1/s1. The topological polar surface area (TPSA) is 116 Å². The molecule has 0 aliphatic rings. The minimum Gasteiger partial charge on any atom is -0.449 e. The molecule has 0 radical (unpaired) electrons. The first-order valence-electron chi connectivity index (χ1n) is 7.79. The van der Waals surface area contributed by atoms with Gasteiger partial charge in [-0.3, -0.25) is 4.79 Å². The lowest BCUT2D eigenvalue weighted by Gasteiger charge is -2.14. The van der Waals surface area contributed by atoms with Crippen molar-refractivity contribution < 1.29 is 22.7 Å². The van der Waals surface area contributed by atoms with Crippen LogP contribution < -0.4 is 10.5 Å². The van der Waals surface area contributed by atoms with Gasteiger partial charge in [-0.2, -0.15) is 0 Å². The largest absolute Gasteiger partial charge is 0.449 e. The molecule has 1 atom stereocenters. The van der Waals surface area contributed by atoms with Crippen LogP contribution in [0.2, 0.25) is 0 Å². The number of hydrogen-bond donors (Lipinski definition) is 2. The molecule has 0 aliphatic heterocycles. The summed E-state index contributed by atoms with van der Waals surface area (Å²) in [5.41, 5.74) is 2.57. The fraction of sp³-hybridized carbons (Fsp3) is 0.222. The molecule has 138 valence electrons. The lowest BCUT2D eigenvalue weighted by molar-refractivity contribution is -0.123. The van der Waals surface area contributed by atoms with E-state index in [0.29, 0.717) is 11.3 Å². The van der Waals surface area contributed by atoms with Crippen molar-refractivity contribution in [3.63, 3.8) is 0 Å². The minimum absolute atomic E-state index is 0.0650. The Kier molecular flexibility index (Phi) is 5.79. The van der Waals surface area contributed by atoms with Crippen LogP contribution >= 0.6 is 0 Å². The van der Waals surface area contributed by atoms with Gasteiger partial charge < -0.3 is 10.1 Å². The molecule has 8 heteroatoms. The highest BCUT2D eigenvalue weighted by Crippen LogP contribution is 2.14. The van der Waals surface area contributed by atoms with Crippen LogP contribution in [0, 0.1) is 13.8 Å². The molecule has 0 bridgehead atoms. The third-order valence-electron chi connectivity index (χ3n) is 3.56. The van der Waals surface area contributed by atoms with Gasteiger partial charge in [0.1, 0.15) is 0 Å². The van der Waals surface area contributed by atoms with Crippen molar-refractivity contribution in [1.82, 2.24) is 0 Å². The molecule has 0 spiro atoms. The highest BCUT2D eigenvalue weighted by molar-refractivity contribution is 7.89. The number of rotatable bonds is 5. The smallest absolute Gasteiger partial charge is 0.338 e. The normalized spacial score (nSPS) is 12.3. The number of nitrogens with one attached hydrogen (secondary N) is 1. The number of benzene rings is 2. The quantitative estimate of drug-likeness (QED) is 0.776. The van der Waals surface area contributed by atoms with E-state index in [1.165, 1.54) is 31.2 Å². The number of carbonyl (C=O) groups is 2. The number of ether oxygens (including phenoxy) is 1. The first-order valence-corrected chi connectivity index (χ1v) is 9.34. The highest BCUT2D eigenvalue weighted by atomic mass is 32.2. The van der Waals surface area contributed by atoms with E-state index in [9.17, 15) is 18.0 Å². The third-order valence-corrected chi connectivity index (χ3v) is 4.49. The lowest BCUT2D eigenvalue weighted by atomic mass is 10.1. The maximum atomic E-state index is 12.2. The zero-order chi connectivity index (χ0) is 19.5. The Morgan fingerprint density at radius 3 is 2.08 bits per heavy atom. The van der Waals surface area contributed by atoms with Gasteiger partial charge in [-0.05, 0) is 57.2 Å². The maximum Gasteiger partial charge on any atom is 0.338 e. The zero-order valence-electron chi connectivity index (χ0n) is 14.6. The average Bonchev–Trinajstić information content (AvgIpc) is 2.53. The summed E-state index contributed by atoms with van der Waals surface area (Å²) in [6.07, 6.45) is -1.03. The molecule has 26 heavy (non-hydrogen) atoms. The van der Waals surface area contributed by atoms with E-state index < -0.39 is 28.0 Å². The van der Waals surface area contributed by atoms with Gasteiger partial charge in [0.25, 0.3) is 5.91 Å². The van der Waals surface area contributed by atoms with Gasteiger partial charge in [0.05, 0.1) is 10.5 Å². The van der Waals surface area contributed by atoms with E-state index in [0.717, 1.165) is 11.1 Å². The molecule has 2 aromatic rings. The Morgan fingerprint density at radius 2 is 1.58 bits per heavy atom. The maximum absolute atomic E-state index is 12.2. The van der Waals surface area contributed by atoms with E-state index in [2.05, 4.69) is 5.32 Å². The number of anilines is 1. The van der Waals surface area contributed by atoms with E-state index in [1.807, 2.05) is 19.9 Å². The summed E-state index contributed by atoms with van der Waals surface area (Å²) < 4.78 is 27.6. The van der Waals surface area contributed by atoms with Gasteiger partial charge in [0.2, 0.25) is 10.0 Å². The number of amides is 1. The van der Waals surface area contributed by atoms with Gasteiger partial charge in [-0.1, -0.05) is 17.2 Å². The minimum atomic E-state index is -3.80. The second kappa shape index (κ2) is 7.67. The van der Waals surface area contributed by atoms with E-state index in [-0.39, 0.29) is 4.90 Å². The second-order valence-corrected chi connectivity index (χ2v) is 7.54. The van der Waals surface area contributed by atoms with E-state index >= 15 is 0 Å². The number of primary sulfonamides is 1. The monoisotopic (exact) mass is 376 g/mol. The molecule has 3 N–H and O–H groups in total. The Hall–Kier alpha value is -2.71. The van der Waals surface area contributed by atoms with Crippen LogP contribution in [0.1, 0.15) is 28.4 Å². The molecule has 0 fully saturated rings. The molecular formula is C18H20N2O5S. The number of esters is 1. The van der Waals surface area contributed by atoms with Crippen molar-refractivity contribution in [2.45, 2.75) is 31.8 Å². The lowest BCUT2D eigenvalue weighted by Crippen LogP contribution is -2.30. The molecule has 0 saturated heterocycles. The molecular weight excluding hydrogens is 356 g/mol. The van der Waals surface area contributed by atoms with E-state index in [4.69, 9.17) is 9.88 Å². The molecule has 0 heterocycles. The van der Waals surface area contributed by atoms with Crippen LogP contribution in [0.15, 0.2) is 47.4 Å². The Morgan fingerprint density at radius 1 is 1.04 bits per heavy atom. The summed E-state index contributed by atoms with van der Waals surface area (Å²) >= 11 is 0. The molecule has 2 aromatic carbocycles. The number of carbonyl (C=O) groups excluding carboxylic acids is 2. The van der Waals surface area contributed by atoms with Crippen LogP contribution in [-0.4, -0.2) is 26.4 Å². The van der Waals surface area contributed by atoms with Gasteiger partial charge in [-0.15, -0.1) is 0 Å². The van der Waals surface area contributed by atoms with Crippen molar-refractivity contribution in [1.29, 1.82) is 0 Å². The fourth-order valence-electron chi connectivity index (χ4n) is 2.35.